The van der Waals surface area contributed by atoms with E-state index in [9.17, 15) is 8.42 Å². The number of hydrogen-bond acceptors (Lipinski definition) is 4. The highest BCUT2D eigenvalue weighted by Crippen LogP contribution is 2.11. The zero-order valence-electron chi connectivity index (χ0n) is 10.4. The summed E-state index contributed by atoms with van der Waals surface area (Å²) in [6.07, 6.45) is 2.83. The molecule has 3 rings (SSSR count). The van der Waals surface area contributed by atoms with Crippen LogP contribution >= 0.6 is 0 Å². The molecule has 2 N–H and O–H groups in total. The number of aromatic nitrogens is 3. The minimum absolute atomic E-state index is 0.103. The number of para-hydroxylation sites is 2. The summed E-state index contributed by atoms with van der Waals surface area (Å²) < 4.78 is 26.5. The van der Waals surface area contributed by atoms with Gasteiger partial charge in [0.05, 0.1) is 17.6 Å². The summed E-state index contributed by atoms with van der Waals surface area (Å²) in [7, 11) is -3.57. The molecule has 0 amide bonds. The zero-order chi connectivity index (χ0) is 14.0. The Morgan fingerprint density at radius 3 is 2.75 bits per heavy atom. The first-order valence-corrected chi connectivity index (χ1v) is 7.47. The second-order valence-corrected chi connectivity index (χ2v) is 5.98. The van der Waals surface area contributed by atoms with Crippen LogP contribution in [0.5, 0.6) is 0 Å². The molecule has 0 aliphatic carbocycles. The third-order valence-electron chi connectivity index (χ3n) is 2.81. The van der Waals surface area contributed by atoms with Crippen molar-refractivity contribution in [1.29, 1.82) is 0 Å². The molecule has 7 heteroatoms. The molecular weight excluding hydrogens is 276 g/mol. The van der Waals surface area contributed by atoms with Gasteiger partial charge in [0.25, 0.3) is 0 Å². The van der Waals surface area contributed by atoms with Gasteiger partial charge in [-0.3, -0.25) is 4.98 Å². The summed E-state index contributed by atoms with van der Waals surface area (Å²) in [6.45, 7) is 0.103. The number of hydrogen-bond donors (Lipinski definition) is 2. The van der Waals surface area contributed by atoms with E-state index < -0.39 is 10.0 Å². The van der Waals surface area contributed by atoms with Crippen LogP contribution in [0.4, 0.5) is 0 Å². The molecule has 0 aliphatic heterocycles. The molecule has 0 aliphatic rings. The molecule has 0 saturated carbocycles. The van der Waals surface area contributed by atoms with Crippen molar-refractivity contribution in [2.24, 2.45) is 0 Å². The van der Waals surface area contributed by atoms with Gasteiger partial charge >= 0.3 is 0 Å². The van der Waals surface area contributed by atoms with Crippen molar-refractivity contribution in [2.45, 2.75) is 11.4 Å². The molecule has 0 unspecified atom stereocenters. The number of rotatable bonds is 4. The van der Waals surface area contributed by atoms with E-state index in [2.05, 4.69) is 19.7 Å². The number of nitrogens with zero attached hydrogens (tertiary/aromatic N) is 2. The van der Waals surface area contributed by atoms with Gasteiger partial charge in [0.1, 0.15) is 10.7 Å². The van der Waals surface area contributed by atoms with Gasteiger partial charge in [-0.1, -0.05) is 12.1 Å². The Labute approximate surface area is 115 Å². The number of nitrogens with one attached hydrogen (secondary N) is 2. The number of benzene rings is 1. The summed E-state index contributed by atoms with van der Waals surface area (Å²) in [5.41, 5.74) is 1.69. The fourth-order valence-corrected chi connectivity index (χ4v) is 2.79. The summed E-state index contributed by atoms with van der Waals surface area (Å²) in [5, 5.41) is 0. The molecule has 0 atom stereocenters. The van der Waals surface area contributed by atoms with Crippen LogP contribution in [0, 0.1) is 0 Å². The maximum Gasteiger partial charge on any atom is 0.242 e. The molecule has 0 spiro atoms. The number of pyridine rings is 1. The molecule has 0 saturated heterocycles. The highest BCUT2D eigenvalue weighted by atomic mass is 32.2. The van der Waals surface area contributed by atoms with Crippen LogP contribution in [-0.4, -0.2) is 23.4 Å². The van der Waals surface area contributed by atoms with Crippen molar-refractivity contribution in [3.05, 3.63) is 54.6 Å². The van der Waals surface area contributed by atoms with Gasteiger partial charge in [-0.05, 0) is 24.3 Å². The monoisotopic (exact) mass is 288 g/mol. The standard InChI is InChI=1S/C13H12N4O2S/c18-20(19,10-4-3-7-14-8-10)15-9-13-16-11-5-1-2-6-12(11)17-13/h1-8,15H,9H2,(H,16,17). The molecule has 102 valence electrons. The number of aromatic amines is 1. The van der Waals surface area contributed by atoms with Crippen molar-refractivity contribution in [3.8, 4) is 0 Å². The molecule has 6 nitrogen and oxygen atoms in total. The predicted molar refractivity (Wildman–Crippen MR) is 74.4 cm³/mol. The molecule has 3 aromatic rings. The van der Waals surface area contributed by atoms with Gasteiger partial charge in [0, 0.05) is 12.4 Å². The maximum atomic E-state index is 12.0. The number of H-pyrrole nitrogens is 1. The van der Waals surface area contributed by atoms with E-state index in [-0.39, 0.29) is 11.4 Å². The van der Waals surface area contributed by atoms with Crippen molar-refractivity contribution in [2.75, 3.05) is 0 Å². The van der Waals surface area contributed by atoms with E-state index in [4.69, 9.17) is 0 Å². The second-order valence-electron chi connectivity index (χ2n) is 4.21. The summed E-state index contributed by atoms with van der Waals surface area (Å²) >= 11 is 0. The van der Waals surface area contributed by atoms with Crippen molar-refractivity contribution in [3.63, 3.8) is 0 Å². The van der Waals surface area contributed by atoms with E-state index in [0.29, 0.717) is 5.82 Å². The number of imidazole rings is 1. The first-order chi connectivity index (χ1) is 9.65. The molecule has 2 aromatic heterocycles. The van der Waals surface area contributed by atoms with E-state index in [1.807, 2.05) is 24.3 Å². The van der Waals surface area contributed by atoms with E-state index >= 15 is 0 Å². The Hall–Kier alpha value is -2.25. The van der Waals surface area contributed by atoms with Crippen molar-refractivity contribution < 1.29 is 8.42 Å². The molecule has 20 heavy (non-hydrogen) atoms. The molecular formula is C13H12N4O2S. The van der Waals surface area contributed by atoms with Gasteiger partial charge in [0.2, 0.25) is 10.0 Å². The molecule has 1 aromatic carbocycles. The summed E-state index contributed by atoms with van der Waals surface area (Å²) in [6, 6.07) is 10.6. The molecule has 0 radical (unpaired) electrons. The lowest BCUT2D eigenvalue weighted by Gasteiger charge is -2.04. The Balaban J connectivity index is 1.79. The van der Waals surface area contributed by atoms with Crippen LogP contribution in [0.1, 0.15) is 5.82 Å². The quantitative estimate of drug-likeness (QED) is 0.760. The van der Waals surface area contributed by atoms with Crippen LogP contribution in [0.25, 0.3) is 11.0 Å². The lowest BCUT2D eigenvalue weighted by Crippen LogP contribution is -2.23. The first-order valence-electron chi connectivity index (χ1n) is 5.98. The zero-order valence-corrected chi connectivity index (χ0v) is 11.3. The lowest BCUT2D eigenvalue weighted by molar-refractivity contribution is 0.579. The van der Waals surface area contributed by atoms with E-state index in [0.717, 1.165) is 11.0 Å². The normalized spacial score (nSPS) is 11.8. The fraction of sp³-hybridized carbons (Fsp3) is 0.0769. The van der Waals surface area contributed by atoms with Crippen LogP contribution in [0.2, 0.25) is 0 Å². The average molecular weight is 288 g/mol. The van der Waals surface area contributed by atoms with Gasteiger partial charge in [0.15, 0.2) is 0 Å². The molecule has 2 heterocycles. The molecule has 0 fully saturated rings. The first kappa shape index (κ1) is 12.8. The minimum Gasteiger partial charge on any atom is -0.341 e. The highest BCUT2D eigenvalue weighted by Gasteiger charge is 2.14. The SMILES string of the molecule is O=S(=O)(NCc1nc2ccccc2[nH]1)c1cccnc1. The van der Waals surface area contributed by atoms with Crippen LogP contribution in [0.15, 0.2) is 53.7 Å². The van der Waals surface area contributed by atoms with Crippen LogP contribution in [0.3, 0.4) is 0 Å². The third-order valence-corrected chi connectivity index (χ3v) is 4.20. The summed E-state index contributed by atoms with van der Waals surface area (Å²) in [4.78, 5) is 11.3. The maximum absolute atomic E-state index is 12.0. The van der Waals surface area contributed by atoms with E-state index in [1.165, 1.54) is 18.5 Å². The van der Waals surface area contributed by atoms with Crippen LogP contribution in [-0.2, 0) is 16.6 Å². The largest absolute Gasteiger partial charge is 0.341 e. The molecule has 0 bridgehead atoms. The van der Waals surface area contributed by atoms with Crippen molar-refractivity contribution in [1.82, 2.24) is 19.7 Å². The average Bonchev–Trinajstić information content (AvgIpc) is 2.89. The van der Waals surface area contributed by atoms with Gasteiger partial charge in [-0.25, -0.2) is 18.1 Å². The predicted octanol–water partition coefficient (Wildman–Crippen LogP) is 1.44. The Morgan fingerprint density at radius 1 is 1.15 bits per heavy atom. The summed E-state index contributed by atoms with van der Waals surface area (Å²) in [5.74, 6) is 0.568. The topological polar surface area (TPSA) is 87.7 Å². The number of sulfonamides is 1. The Morgan fingerprint density at radius 2 is 2.00 bits per heavy atom. The Bertz CT molecular complexity index is 795. The number of fused-ring (bicyclic) bond motifs is 1. The van der Waals surface area contributed by atoms with Crippen molar-refractivity contribution >= 4 is 21.1 Å². The lowest BCUT2D eigenvalue weighted by atomic mass is 10.3. The smallest absolute Gasteiger partial charge is 0.242 e. The van der Waals surface area contributed by atoms with Crippen LogP contribution < -0.4 is 4.72 Å². The minimum atomic E-state index is -3.57. The highest BCUT2D eigenvalue weighted by molar-refractivity contribution is 7.89. The van der Waals surface area contributed by atoms with Gasteiger partial charge in [-0.2, -0.15) is 0 Å². The second kappa shape index (κ2) is 5.03. The van der Waals surface area contributed by atoms with Gasteiger partial charge < -0.3 is 4.98 Å². The Kier molecular flexibility index (Phi) is 3.21. The third kappa shape index (κ3) is 2.54. The van der Waals surface area contributed by atoms with E-state index in [1.54, 1.807) is 6.07 Å². The van der Waals surface area contributed by atoms with Gasteiger partial charge in [-0.15, -0.1) is 0 Å². The fourth-order valence-electron chi connectivity index (χ4n) is 1.84.